The number of nitrogens with two attached hydrogens (primary N) is 1. The maximum atomic E-state index is 5.69. The first-order valence-corrected chi connectivity index (χ1v) is 6.84. The monoisotopic (exact) mass is 288 g/mol. The van der Waals surface area contributed by atoms with Gasteiger partial charge in [-0.05, 0) is 18.1 Å². The molecule has 0 saturated carbocycles. The van der Waals surface area contributed by atoms with Gasteiger partial charge in [0.2, 0.25) is 5.88 Å². The zero-order chi connectivity index (χ0) is 15.1. The van der Waals surface area contributed by atoms with Crippen LogP contribution in [0, 0.1) is 0 Å². The standard InChI is InChI=1S/C15H20N4O2/c1-11(2)13-14(19-16)17-10-18-15(13)21-9-8-20-12-6-4-3-5-7-12/h3-7,10-11H,8-9,16H2,1-2H3,(H,17,18,19). The SMILES string of the molecule is CC(C)c1c(NN)ncnc1OCCOc1ccccc1. The maximum absolute atomic E-state index is 5.69. The zero-order valence-corrected chi connectivity index (χ0v) is 12.2. The highest BCUT2D eigenvalue weighted by Crippen LogP contribution is 2.29. The van der Waals surface area contributed by atoms with Crippen molar-refractivity contribution >= 4 is 5.82 Å². The van der Waals surface area contributed by atoms with Crippen molar-refractivity contribution in [3.63, 3.8) is 0 Å². The first-order valence-electron chi connectivity index (χ1n) is 6.84. The van der Waals surface area contributed by atoms with Gasteiger partial charge in [-0.15, -0.1) is 0 Å². The molecular formula is C15H20N4O2. The first kappa shape index (κ1) is 15.1. The number of hydrazine groups is 1. The lowest BCUT2D eigenvalue weighted by molar-refractivity contribution is 0.210. The number of hydrogen-bond acceptors (Lipinski definition) is 6. The van der Waals surface area contributed by atoms with E-state index >= 15 is 0 Å². The lowest BCUT2D eigenvalue weighted by atomic mass is 10.1. The quantitative estimate of drug-likeness (QED) is 0.462. The minimum absolute atomic E-state index is 0.197. The lowest BCUT2D eigenvalue weighted by Crippen LogP contribution is -2.15. The van der Waals surface area contributed by atoms with Crippen molar-refractivity contribution in [3.05, 3.63) is 42.2 Å². The molecule has 1 aromatic heterocycles. The Hall–Kier alpha value is -2.34. The van der Waals surface area contributed by atoms with Crippen LogP contribution in [0.15, 0.2) is 36.7 Å². The summed E-state index contributed by atoms with van der Waals surface area (Å²) >= 11 is 0. The summed E-state index contributed by atoms with van der Waals surface area (Å²) in [6.45, 7) is 4.91. The van der Waals surface area contributed by atoms with Gasteiger partial charge >= 0.3 is 0 Å². The van der Waals surface area contributed by atoms with E-state index < -0.39 is 0 Å². The van der Waals surface area contributed by atoms with E-state index in [0.29, 0.717) is 24.9 Å². The van der Waals surface area contributed by atoms with E-state index in [1.807, 2.05) is 44.2 Å². The molecule has 2 rings (SSSR count). The second kappa shape index (κ2) is 7.44. The summed E-state index contributed by atoms with van der Waals surface area (Å²) in [5, 5.41) is 0. The Bertz CT molecular complexity index is 561. The number of nitrogens with zero attached hydrogens (tertiary/aromatic N) is 2. The number of hydrogen-bond donors (Lipinski definition) is 2. The van der Waals surface area contributed by atoms with Gasteiger partial charge in [-0.1, -0.05) is 32.0 Å². The molecule has 0 unspecified atom stereocenters. The molecule has 0 aliphatic heterocycles. The Morgan fingerprint density at radius 1 is 1.10 bits per heavy atom. The predicted molar refractivity (Wildman–Crippen MR) is 81.4 cm³/mol. The largest absolute Gasteiger partial charge is 0.490 e. The van der Waals surface area contributed by atoms with Gasteiger partial charge in [-0.3, -0.25) is 0 Å². The average molecular weight is 288 g/mol. The lowest BCUT2D eigenvalue weighted by Gasteiger charge is -2.15. The fraction of sp³-hybridized carbons (Fsp3) is 0.333. The highest BCUT2D eigenvalue weighted by Gasteiger charge is 2.15. The number of ether oxygens (including phenoxy) is 2. The van der Waals surface area contributed by atoms with Crippen LogP contribution in [0.3, 0.4) is 0 Å². The topological polar surface area (TPSA) is 82.3 Å². The number of aromatic nitrogens is 2. The van der Waals surface area contributed by atoms with E-state index in [0.717, 1.165) is 11.3 Å². The van der Waals surface area contributed by atoms with Gasteiger partial charge in [0.1, 0.15) is 25.3 Å². The highest BCUT2D eigenvalue weighted by atomic mass is 16.5. The van der Waals surface area contributed by atoms with Gasteiger partial charge < -0.3 is 14.9 Å². The fourth-order valence-electron chi connectivity index (χ4n) is 1.94. The van der Waals surface area contributed by atoms with Gasteiger partial charge in [-0.2, -0.15) is 0 Å². The van der Waals surface area contributed by atoms with E-state index in [-0.39, 0.29) is 5.92 Å². The summed E-state index contributed by atoms with van der Waals surface area (Å²) < 4.78 is 11.3. The Morgan fingerprint density at radius 2 is 1.81 bits per heavy atom. The summed E-state index contributed by atoms with van der Waals surface area (Å²) in [7, 11) is 0. The third-order valence-corrected chi connectivity index (χ3v) is 2.90. The molecule has 6 heteroatoms. The molecule has 0 radical (unpaired) electrons. The summed E-state index contributed by atoms with van der Waals surface area (Å²) in [6.07, 6.45) is 1.43. The smallest absolute Gasteiger partial charge is 0.222 e. The Labute approximate surface area is 124 Å². The molecule has 0 saturated heterocycles. The molecule has 1 heterocycles. The number of nitrogens with one attached hydrogen (secondary N) is 1. The van der Waals surface area contributed by atoms with Gasteiger partial charge in [0, 0.05) is 0 Å². The van der Waals surface area contributed by atoms with Gasteiger partial charge in [0.05, 0.1) is 5.56 Å². The van der Waals surface area contributed by atoms with Gasteiger partial charge in [0.15, 0.2) is 5.82 Å². The number of anilines is 1. The van der Waals surface area contributed by atoms with E-state index in [1.165, 1.54) is 6.33 Å². The van der Waals surface area contributed by atoms with Crippen LogP contribution in [0.2, 0.25) is 0 Å². The third kappa shape index (κ3) is 4.06. The molecule has 0 atom stereocenters. The van der Waals surface area contributed by atoms with Crippen LogP contribution in [-0.4, -0.2) is 23.2 Å². The number of nitrogen functional groups attached to an aromatic ring is 1. The molecule has 2 aromatic rings. The minimum atomic E-state index is 0.197. The van der Waals surface area contributed by atoms with Crippen LogP contribution < -0.4 is 20.7 Å². The number of para-hydroxylation sites is 1. The molecule has 0 amide bonds. The summed E-state index contributed by atoms with van der Waals surface area (Å²) in [6, 6.07) is 9.61. The van der Waals surface area contributed by atoms with Crippen molar-refractivity contribution in [1.82, 2.24) is 9.97 Å². The summed E-state index contributed by atoms with van der Waals surface area (Å²) in [5.41, 5.74) is 3.43. The van der Waals surface area contributed by atoms with Crippen LogP contribution in [0.1, 0.15) is 25.3 Å². The highest BCUT2D eigenvalue weighted by molar-refractivity contribution is 5.49. The van der Waals surface area contributed by atoms with Crippen molar-refractivity contribution < 1.29 is 9.47 Å². The average Bonchev–Trinajstić information content (AvgIpc) is 2.52. The number of rotatable bonds is 7. The Balaban J connectivity index is 1.94. The van der Waals surface area contributed by atoms with Gasteiger partial charge in [-0.25, -0.2) is 15.8 Å². The molecule has 1 aromatic carbocycles. The summed E-state index contributed by atoms with van der Waals surface area (Å²) in [5.74, 6) is 7.60. The zero-order valence-electron chi connectivity index (χ0n) is 12.2. The van der Waals surface area contributed by atoms with Gasteiger partial charge in [0.25, 0.3) is 0 Å². The van der Waals surface area contributed by atoms with Crippen LogP contribution in [0.4, 0.5) is 5.82 Å². The molecule has 6 nitrogen and oxygen atoms in total. The Kier molecular flexibility index (Phi) is 5.34. The van der Waals surface area contributed by atoms with Crippen molar-refractivity contribution in [3.8, 4) is 11.6 Å². The van der Waals surface area contributed by atoms with Crippen LogP contribution in [0.25, 0.3) is 0 Å². The van der Waals surface area contributed by atoms with Crippen LogP contribution >= 0.6 is 0 Å². The number of benzene rings is 1. The van der Waals surface area contributed by atoms with Crippen molar-refractivity contribution in [2.45, 2.75) is 19.8 Å². The molecule has 21 heavy (non-hydrogen) atoms. The first-order chi connectivity index (χ1) is 10.2. The van der Waals surface area contributed by atoms with E-state index in [1.54, 1.807) is 0 Å². The summed E-state index contributed by atoms with van der Waals surface area (Å²) in [4.78, 5) is 8.27. The second-order valence-electron chi connectivity index (χ2n) is 4.75. The molecular weight excluding hydrogens is 268 g/mol. The predicted octanol–water partition coefficient (Wildman–Crippen LogP) is 2.34. The van der Waals surface area contributed by atoms with Crippen molar-refractivity contribution in [1.29, 1.82) is 0 Å². The molecule has 0 aliphatic rings. The fourth-order valence-corrected chi connectivity index (χ4v) is 1.94. The van der Waals surface area contributed by atoms with Crippen molar-refractivity contribution in [2.75, 3.05) is 18.6 Å². The van der Waals surface area contributed by atoms with Crippen molar-refractivity contribution in [2.24, 2.45) is 5.84 Å². The maximum Gasteiger partial charge on any atom is 0.222 e. The normalized spacial score (nSPS) is 10.5. The molecule has 0 aliphatic carbocycles. The Morgan fingerprint density at radius 3 is 2.48 bits per heavy atom. The minimum Gasteiger partial charge on any atom is -0.490 e. The van der Waals surface area contributed by atoms with E-state index in [9.17, 15) is 0 Å². The second-order valence-corrected chi connectivity index (χ2v) is 4.75. The molecule has 3 N–H and O–H groups in total. The van der Waals surface area contributed by atoms with Crippen LogP contribution in [-0.2, 0) is 0 Å². The molecule has 0 fully saturated rings. The molecule has 0 spiro atoms. The molecule has 0 bridgehead atoms. The van der Waals surface area contributed by atoms with Crippen LogP contribution in [0.5, 0.6) is 11.6 Å². The molecule has 112 valence electrons. The van der Waals surface area contributed by atoms with E-state index in [2.05, 4.69) is 15.4 Å². The van der Waals surface area contributed by atoms with E-state index in [4.69, 9.17) is 15.3 Å². The third-order valence-electron chi connectivity index (χ3n) is 2.90.